The number of ether oxygens (including phenoxy) is 1. The summed E-state index contributed by atoms with van der Waals surface area (Å²) in [6.07, 6.45) is -0.664. The fraction of sp³-hybridized carbons (Fsp3) is 0.571. The first kappa shape index (κ1) is 18.5. The summed E-state index contributed by atoms with van der Waals surface area (Å²) in [7, 11) is 0. The number of amides is 3. The van der Waals surface area contributed by atoms with Gasteiger partial charge in [0.2, 0.25) is 5.91 Å². The minimum Gasteiger partial charge on any atom is -0.444 e. The lowest BCUT2D eigenvalue weighted by atomic mass is 10.2. The fourth-order valence-corrected chi connectivity index (χ4v) is 1.47. The Bertz CT molecular complexity index is 562. The highest BCUT2D eigenvalue weighted by Crippen LogP contribution is 2.06. The molecule has 9 nitrogen and oxygen atoms in total. The molecule has 1 heterocycles. The molecule has 0 aliphatic heterocycles. The van der Waals surface area contributed by atoms with Gasteiger partial charge in [-0.2, -0.15) is 0 Å². The van der Waals surface area contributed by atoms with Crippen LogP contribution in [0.5, 0.6) is 0 Å². The first-order valence-corrected chi connectivity index (χ1v) is 7.12. The van der Waals surface area contributed by atoms with Crippen LogP contribution in [0.4, 0.5) is 4.79 Å². The van der Waals surface area contributed by atoms with Crippen molar-refractivity contribution in [3.63, 3.8) is 0 Å². The molecular weight excluding hydrogens is 304 g/mol. The van der Waals surface area contributed by atoms with Gasteiger partial charge < -0.3 is 25.2 Å². The van der Waals surface area contributed by atoms with Crippen LogP contribution in [-0.4, -0.2) is 48.3 Å². The summed E-state index contributed by atoms with van der Waals surface area (Å²) in [6, 6.07) is 1.51. The van der Waals surface area contributed by atoms with E-state index in [0.29, 0.717) is 5.76 Å². The minimum absolute atomic E-state index is 0.181. The molecule has 0 bridgehead atoms. The van der Waals surface area contributed by atoms with E-state index in [1.807, 2.05) is 0 Å². The second-order valence-electron chi connectivity index (χ2n) is 5.78. The zero-order valence-corrected chi connectivity index (χ0v) is 13.7. The summed E-state index contributed by atoms with van der Waals surface area (Å²) in [5.74, 6) is -0.234. The molecule has 1 aromatic rings. The predicted octanol–water partition coefficient (Wildman–Crippen LogP) is 0.354. The van der Waals surface area contributed by atoms with Gasteiger partial charge in [0.1, 0.15) is 11.4 Å². The van der Waals surface area contributed by atoms with E-state index in [1.54, 1.807) is 27.7 Å². The van der Waals surface area contributed by atoms with Crippen molar-refractivity contribution in [2.75, 3.05) is 19.6 Å². The zero-order chi connectivity index (χ0) is 17.5. The summed E-state index contributed by atoms with van der Waals surface area (Å²) < 4.78 is 9.78. The van der Waals surface area contributed by atoms with E-state index < -0.39 is 11.7 Å². The second kappa shape index (κ2) is 8.16. The quantitative estimate of drug-likeness (QED) is 0.648. The molecule has 0 atom stereocenters. The van der Waals surface area contributed by atoms with Crippen molar-refractivity contribution in [3.8, 4) is 0 Å². The van der Waals surface area contributed by atoms with Crippen molar-refractivity contribution in [1.29, 1.82) is 0 Å². The highest BCUT2D eigenvalue weighted by molar-refractivity contribution is 5.92. The van der Waals surface area contributed by atoms with Crippen molar-refractivity contribution < 1.29 is 23.6 Å². The van der Waals surface area contributed by atoms with E-state index in [2.05, 4.69) is 21.1 Å². The Morgan fingerprint density at radius 3 is 2.39 bits per heavy atom. The first-order valence-electron chi connectivity index (χ1n) is 7.12. The number of aromatic nitrogens is 1. The van der Waals surface area contributed by atoms with E-state index in [9.17, 15) is 14.4 Å². The average Bonchev–Trinajstić information content (AvgIpc) is 2.86. The van der Waals surface area contributed by atoms with Crippen molar-refractivity contribution in [1.82, 2.24) is 21.1 Å². The third kappa shape index (κ3) is 7.84. The highest BCUT2D eigenvalue weighted by atomic mass is 16.6. The molecule has 0 radical (unpaired) electrons. The van der Waals surface area contributed by atoms with Crippen LogP contribution in [0.3, 0.4) is 0 Å². The Kier molecular flexibility index (Phi) is 6.55. The number of rotatable bonds is 6. The molecular formula is C14H22N4O5. The van der Waals surface area contributed by atoms with Gasteiger partial charge in [-0.25, -0.2) is 4.79 Å². The molecule has 3 amide bonds. The molecule has 9 heteroatoms. The van der Waals surface area contributed by atoms with Crippen molar-refractivity contribution >= 4 is 17.9 Å². The van der Waals surface area contributed by atoms with Crippen LogP contribution in [0.25, 0.3) is 0 Å². The lowest BCUT2D eigenvalue weighted by molar-refractivity contribution is -0.120. The van der Waals surface area contributed by atoms with Gasteiger partial charge in [0.25, 0.3) is 5.91 Å². The van der Waals surface area contributed by atoms with Gasteiger partial charge in [0, 0.05) is 19.2 Å². The molecule has 23 heavy (non-hydrogen) atoms. The maximum absolute atomic E-state index is 11.6. The van der Waals surface area contributed by atoms with Gasteiger partial charge in [-0.3, -0.25) is 9.59 Å². The number of aryl methyl sites for hydroxylation is 1. The topological polar surface area (TPSA) is 123 Å². The molecule has 3 N–H and O–H groups in total. The Labute approximate surface area is 134 Å². The maximum Gasteiger partial charge on any atom is 0.408 e. The predicted molar refractivity (Wildman–Crippen MR) is 80.8 cm³/mol. The van der Waals surface area contributed by atoms with E-state index in [1.165, 1.54) is 6.07 Å². The Balaban J connectivity index is 2.14. The molecule has 0 spiro atoms. The molecule has 1 aromatic heterocycles. The monoisotopic (exact) mass is 326 g/mol. The average molecular weight is 326 g/mol. The van der Waals surface area contributed by atoms with Gasteiger partial charge in [-0.1, -0.05) is 5.16 Å². The van der Waals surface area contributed by atoms with Crippen LogP contribution in [0, 0.1) is 6.92 Å². The van der Waals surface area contributed by atoms with Gasteiger partial charge in [-0.05, 0) is 27.7 Å². The van der Waals surface area contributed by atoms with Crippen molar-refractivity contribution in [2.24, 2.45) is 0 Å². The lowest BCUT2D eigenvalue weighted by Gasteiger charge is -2.19. The Morgan fingerprint density at radius 2 is 1.83 bits per heavy atom. The number of hydrogen-bond acceptors (Lipinski definition) is 6. The SMILES string of the molecule is Cc1cc(C(=O)NCCNC(=O)CNC(=O)OC(C)(C)C)no1. The fourth-order valence-electron chi connectivity index (χ4n) is 1.47. The zero-order valence-electron chi connectivity index (χ0n) is 13.7. The van der Waals surface area contributed by atoms with E-state index in [-0.39, 0.29) is 37.1 Å². The third-order valence-electron chi connectivity index (χ3n) is 2.39. The summed E-state index contributed by atoms with van der Waals surface area (Å²) in [5.41, 5.74) is -0.440. The number of carbonyl (C=O) groups is 3. The molecule has 0 aliphatic carbocycles. The van der Waals surface area contributed by atoms with Crippen LogP contribution in [0.15, 0.2) is 10.6 Å². The largest absolute Gasteiger partial charge is 0.444 e. The van der Waals surface area contributed by atoms with Crippen molar-refractivity contribution in [3.05, 3.63) is 17.5 Å². The summed E-state index contributed by atoms with van der Waals surface area (Å²) >= 11 is 0. The normalized spacial score (nSPS) is 10.8. The summed E-state index contributed by atoms with van der Waals surface area (Å²) in [5, 5.41) is 11.0. The molecule has 0 fully saturated rings. The summed E-state index contributed by atoms with van der Waals surface area (Å²) in [6.45, 7) is 7.11. The number of alkyl carbamates (subject to hydrolysis) is 1. The molecule has 128 valence electrons. The summed E-state index contributed by atoms with van der Waals surface area (Å²) in [4.78, 5) is 34.5. The molecule has 0 saturated carbocycles. The third-order valence-corrected chi connectivity index (χ3v) is 2.39. The first-order chi connectivity index (χ1) is 10.7. The molecule has 0 saturated heterocycles. The maximum atomic E-state index is 11.6. The molecule has 0 aliphatic rings. The van der Waals surface area contributed by atoms with Crippen LogP contribution in [0.1, 0.15) is 37.0 Å². The smallest absolute Gasteiger partial charge is 0.408 e. The number of carbonyl (C=O) groups excluding carboxylic acids is 3. The molecule has 1 rings (SSSR count). The van der Waals surface area contributed by atoms with E-state index in [4.69, 9.17) is 9.26 Å². The van der Waals surface area contributed by atoms with E-state index >= 15 is 0 Å². The Hall–Kier alpha value is -2.58. The van der Waals surface area contributed by atoms with Gasteiger partial charge >= 0.3 is 6.09 Å². The van der Waals surface area contributed by atoms with Crippen LogP contribution >= 0.6 is 0 Å². The van der Waals surface area contributed by atoms with Gasteiger partial charge in [0.05, 0.1) is 6.54 Å². The molecule has 0 aromatic carbocycles. The number of hydrogen-bond donors (Lipinski definition) is 3. The van der Waals surface area contributed by atoms with Gasteiger partial charge in [0.15, 0.2) is 5.69 Å². The molecule has 0 unspecified atom stereocenters. The van der Waals surface area contributed by atoms with Crippen LogP contribution in [0.2, 0.25) is 0 Å². The Morgan fingerprint density at radius 1 is 1.17 bits per heavy atom. The number of nitrogens with one attached hydrogen (secondary N) is 3. The lowest BCUT2D eigenvalue weighted by Crippen LogP contribution is -2.42. The van der Waals surface area contributed by atoms with Gasteiger partial charge in [-0.15, -0.1) is 0 Å². The standard InChI is InChI=1S/C14H22N4O5/c1-9-7-10(18-23-9)12(20)16-6-5-15-11(19)8-17-13(21)22-14(2,3)4/h7H,5-6,8H2,1-4H3,(H,15,19)(H,16,20)(H,17,21). The second-order valence-corrected chi connectivity index (χ2v) is 5.78. The van der Waals surface area contributed by atoms with E-state index in [0.717, 1.165) is 0 Å². The van der Waals surface area contributed by atoms with Crippen LogP contribution in [-0.2, 0) is 9.53 Å². The highest BCUT2D eigenvalue weighted by Gasteiger charge is 2.16. The number of nitrogens with zero attached hydrogens (tertiary/aromatic N) is 1. The minimum atomic E-state index is -0.664. The van der Waals surface area contributed by atoms with Crippen molar-refractivity contribution in [2.45, 2.75) is 33.3 Å². The van der Waals surface area contributed by atoms with Crippen LogP contribution < -0.4 is 16.0 Å².